The molecule has 1 aliphatic heterocycles. The van der Waals surface area contributed by atoms with Crippen LogP contribution in [0.15, 0.2) is 18.2 Å². The molecule has 2 unspecified atom stereocenters. The summed E-state index contributed by atoms with van der Waals surface area (Å²) in [5.41, 5.74) is 1.36. The quantitative estimate of drug-likeness (QED) is 0.848. The lowest BCUT2D eigenvalue weighted by atomic mass is 10.1. The summed E-state index contributed by atoms with van der Waals surface area (Å²) < 4.78 is 18.6. The molecular weight excluding hydrogens is 237 g/mol. The van der Waals surface area contributed by atoms with E-state index in [0.29, 0.717) is 25.3 Å². The van der Waals surface area contributed by atoms with Gasteiger partial charge in [0.25, 0.3) is 0 Å². The van der Waals surface area contributed by atoms with Crippen LogP contribution in [0.3, 0.4) is 0 Å². The molecule has 1 saturated heterocycles. The molecule has 0 bridgehead atoms. The van der Waals surface area contributed by atoms with E-state index < -0.39 is 6.10 Å². The van der Waals surface area contributed by atoms with E-state index in [1.54, 1.807) is 13.0 Å². The maximum atomic E-state index is 13.2. The van der Waals surface area contributed by atoms with Crippen molar-refractivity contribution in [3.05, 3.63) is 29.6 Å². The first-order valence-corrected chi connectivity index (χ1v) is 6.06. The van der Waals surface area contributed by atoms with Crippen LogP contribution in [0.2, 0.25) is 0 Å². The van der Waals surface area contributed by atoms with Crippen molar-refractivity contribution in [2.75, 3.05) is 31.2 Å². The van der Waals surface area contributed by atoms with E-state index in [1.807, 2.05) is 4.90 Å². The maximum absolute atomic E-state index is 13.2. The highest BCUT2D eigenvalue weighted by atomic mass is 19.1. The smallest absolute Gasteiger partial charge is 0.123 e. The van der Waals surface area contributed by atoms with Crippen LogP contribution in [0.25, 0.3) is 0 Å². The van der Waals surface area contributed by atoms with Gasteiger partial charge in [-0.2, -0.15) is 0 Å². The molecule has 2 rings (SSSR count). The van der Waals surface area contributed by atoms with Crippen LogP contribution in [0.1, 0.15) is 18.6 Å². The summed E-state index contributed by atoms with van der Waals surface area (Å²) in [5.74, 6) is -0.360. The number of halogens is 1. The summed E-state index contributed by atoms with van der Waals surface area (Å²) in [4.78, 5) is 2.01. The fraction of sp³-hybridized carbons (Fsp3) is 0.538. The van der Waals surface area contributed by atoms with Crippen molar-refractivity contribution < 1.29 is 19.3 Å². The maximum Gasteiger partial charge on any atom is 0.123 e. The lowest BCUT2D eigenvalue weighted by Gasteiger charge is -2.35. The van der Waals surface area contributed by atoms with Crippen molar-refractivity contribution in [2.45, 2.75) is 19.1 Å². The third-order valence-corrected chi connectivity index (χ3v) is 3.12. The summed E-state index contributed by atoms with van der Waals surface area (Å²) >= 11 is 0. The lowest BCUT2D eigenvalue weighted by molar-refractivity contribution is 0.00342. The number of hydrogen-bond acceptors (Lipinski definition) is 4. The Balaban J connectivity index is 2.26. The molecule has 4 nitrogen and oxygen atoms in total. The molecular formula is C13H18FNO3. The summed E-state index contributed by atoms with van der Waals surface area (Å²) in [6.45, 7) is 3.30. The molecule has 0 saturated carbocycles. The molecule has 1 fully saturated rings. The first-order chi connectivity index (χ1) is 8.61. The fourth-order valence-electron chi connectivity index (χ4n) is 2.20. The van der Waals surface area contributed by atoms with E-state index in [-0.39, 0.29) is 18.5 Å². The van der Waals surface area contributed by atoms with Gasteiger partial charge in [-0.3, -0.25) is 0 Å². The Morgan fingerprint density at radius 3 is 3.00 bits per heavy atom. The van der Waals surface area contributed by atoms with Gasteiger partial charge in [0, 0.05) is 24.3 Å². The van der Waals surface area contributed by atoms with Gasteiger partial charge in [-0.1, -0.05) is 0 Å². The van der Waals surface area contributed by atoms with Crippen molar-refractivity contribution in [2.24, 2.45) is 0 Å². The van der Waals surface area contributed by atoms with Crippen LogP contribution in [0.5, 0.6) is 0 Å². The Hall–Kier alpha value is -1.17. The minimum Gasteiger partial charge on any atom is -0.394 e. The summed E-state index contributed by atoms with van der Waals surface area (Å²) in [6.07, 6.45) is -0.961. The molecule has 0 aliphatic carbocycles. The topological polar surface area (TPSA) is 52.9 Å². The number of rotatable bonds is 3. The molecule has 0 aromatic heterocycles. The highest BCUT2D eigenvalue weighted by Crippen LogP contribution is 2.28. The van der Waals surface area contributed by atoms with Gasteiger partial charge in [-0.25, -0.2) is 4.39 Å². The van der Waals surface area contributed by atoms with Gasteiger partial charge < -0.3 is 19.8 Å². The number of nitrogens with zero attached hydrogens (tertiary/aromatic N) is 1. The number of hydrogen-bond donors (Lipinski definition) is 2. The average molecular weight is 255 g/mol. The molecule has 1 aromatic rings. The number of aliphatic hydroxyl groups is 2. The van der Waals surface area contributed by atoms with Crippen LogP contribution < -0.4 is 4.90 Å². The molecule has 5 heteroatoms. The first kappa shape index (κ1) is 13.3. The van der Waals surface area contributed by atoms with Gasteiger partial charge in [0.1, 0.15) is 5.82 Å². The Kier molecular flexibility index (Phi) is 4.16. The summed E-state index contributed by atoms with van der Waals surface area (Å²) in [5, 5.41) is 18.8. The molecule has 2 N–H and O–H groups in total. The predicted octanol–water partition coefficient (Wildman–Crippen LogP) is 1.08. The van der Waals surface area contributed by atoms with Crippen LogP contribution >= 0.6 is 0 Å². The third-order valence-electron chi connectivity index (χ3n) is 3.12. The summed E-state index contributed by atoms with van der Waals surface area (Å²) in [6, 6.07) is 4.39. The molecule has 100 valence electrons. The van der Waals surface area contributed by atoms with Crippen molar-refractivity contribution in [1.29, 1.82) is 0 Å². The highest BCUT2D eigenvalue weighted by molar-refractivity contribution is 5.55. The van der Waals surface area contributed by atoms with E-state index in [9.17, 15) is 9.50 Å². The van der Waals surface area contributed by atoms with Crippen molar-refractivity contribution in [3.63, 3.8) is 0 Å². The first-order valence-electron chi connectivity index (χ1n) is 6.06. The zero-order valence-electron chi connectivity index (χ0n) is 10.3. The molecule has 0 amide bonds. The Bertz CT molecular complexity index is 411. The minimum absolute atomic E-state index is 0.0400. The zero-order valence-corrected chi connectivity index (χ0v) is 10.3. The van der Waals surface area contributed by atoms with Crippen LogP contribution in [0, 0.1) is 5.82 Å². The van der Waals surface area contributed by atoms with E-state index in [1.165, 1.54) is 12.1 Å². The standard InChI is InChI=1S/C13H18FNO3/c1-9(17)12-6-10(14)2-3-13(12)15-4-5-18-11(7-15)8-16/h2-3,6,9,11,16-17H,4-5,7-8H2,1H3. The lowest BCUT2D eigenvalue weighted by Crippen LogP contribution is -2.44. The normalized spacial score (nSPS) is 22.0. The Morgan fingerprint density at radius 2 is 2.33 bits per heavy atom. The van der Waals surface area contributed by atoms with Gasteiger partial charge >= 0.3 is 0 Å². The van der Waals surface area contributed by atoms with E-state index in [2.05, 4.69) is 0 Å². The second kappa shape index (κ2) is 5.65. The number of anilines is 1. The van der Waals surface area contributed by atoms with Crippen molar-refractivity contribution >= 4 is 5.69 Å². The SMILES string of the molecule is CC(O)c1cc(F)ccc1N1CCOC(CO)C1. The molecule has 0 radical (unpaired) electrons. The Labute approximate surface area is 106 Å². The van der Waals surface area contributed by atoms with Crippen LogP contribution in [0.4, 0.5) is 10.1 Å². The van der Waals surface area contributed by atoms with E-state index in [0.717, 1.165) is 5.69 Å². The third kappa shape index (κ3) is 2.80. The number of ether oxygens (including phenoxy) is 1. The largest absolute Gasteiger partial charge is 0.394 e. The van der Waals surface area contributed by atoms with E-state index in [4.69, 9.17) is 9.84 Å². The second-order valence-corrected chi connectivity index (χ2v) is 4.50. The average Bonchev–Trinajstić information content (AvgIpc) is 2.38. The molecule has 1 heterocycles. The van der Waals surface area contributed by atoms with Gasteiger partial charge in [0.05, 0.1) is 25.4 Å². The van der Waals surface area contributed by atoms with Crippen molar-refractivity contribution in [1.82, 2.24) is 0 Å². The highest BCUT2D eigenvalue weighted by Gasteiger charge is 2.23. The minimum atomic E-state index is -0.730. The van der Waals surface area contributed by atoms with Crippen LogP contribution in [-0.4, -0.2) is 42.6 Å². The van der Waals surface area contributed by atoms with Gasteiger partial charge in [-0.15, -0.1) is 0 Å². The fourth-order valence-corrected chi connectivity index (χ4v) is 2.20. The number of morpholine rings is 1. The molecule has 2 atom stereocenters. The molecule has 1 aliphatic rings. The molecule has 1 aromatic carbocycles. The van der Waals surface area contributed by atoms with E-state index >= 15 is 0 Å². The summed E-state index contributed by atoms with van der Waals surface area (Å²) in [7, 11) is 0. The second-order valence-electron chi connectivity index (χ2n) is 4.50. The molecule has 18 heavy (non-hydrogen) atoms. The van der Waals surface area contributed by atoms with Gasteiger partial charge in [0.2, 0.25) is 0 Å². The Morgan fingerprint density at radius 1 is 1.56 bits per heavy atom. The van der Waals surface area contributed by atoms with Crippen LogP contribution in [-0.2, 0) is 4.74 Å². The number of aliphatic hydroxyl groups excluding tert-OH is 2. The predicted molar refractivity (Wildman–Crippen MR) is 66.1 cm³/mol. The van der Waals surface area contributed by atoms with Gasteiger partial charge in [0.15, 0.2) is 0 Å². The van der Waals surface area contributed by atoms with Gasteiger partial charge in [-0.05, 0) is 25.1 Å². The monoisotopic (exact) mass is 255 g/mol. The zero-order chi connectivity index (χ0) is 13.1. The molecule has 0 spiro atoms. The van der Waals surface area contributed by atoms with Crippen molar-refractivity contribution in [3.8, 4) is 0 Å². The number of benzene rings is 1.